The Labute approximate surface area is 146 Å². The number of carbonyl (C=O) groups is 4. The molecular formula is C14H19BrO9. The second kappa shape index (κ2) is 7.26. The number of rotatable bonds is 5. The van der Waals surface area contributed by atoms with Crippen molar-refractivity contribution in [2.75, 3.05) is 6.61 Å². The van der Waals surface area contributed by atoms with E-state index >= 15 is 0 Å². The number of alkyl halides is 1. The number of hydrogen-bond acceptors (Lipinski definition) is 9. The molecule has 136 valence electrons. The molecular weight excluding hydrogens is 392 g/mol. The minimum absolute atomic E-state index is 0.473. The van der Waals surface area contributed by atoms with Crippen LogP contribution < -0.4 is 0 Å². The van der Waals surface area contributed by atoms with Crippen LogP contribution in [0.15, 0.2) is 0 Å². The third kappa shape index (κ3) is 3.37. The van der Waals surface area contributed by atoms with Crippen molar-refractivity contribution in [2.24, 2.45) is 0 Å². The molecule has 0 aliphatic carbocycles. The number of esters is 2. The van der Waals surface area contributed by atoms with Gasteiger partial charge in [0.15, 0.2) is 28.3 Å². The third-order valence-corrected chi connectivity index (χ3v) is 4.65. The number of ether oxygens (including phenoxy) is 3. The van der Waals surface area contributed by atoms with Gasteiger partial charge in [0.2, 0.25) is 5.60 Å². The molecule has 10 heteroatoms. The summed E-state index contributed by atoms with van der Waals surface area (Å²) in [5.41, 5.74) is -5.52. The molecule has 0 amide bonds. The van der Waals surface area contributed by atoms with Gasteiger partial charge < -0.3 is 24.4 Å². The molecule has 0 bridgehead atoms. The van der Waals surface area contributed by atoms with Crippen molar-refractivity contribution in [3.05, 3.63) is 0 Å². The summed E-state index contributed by atoms with van der Waals surface area (Å²) < 4.78 is 15.1. The molecule has 0 aromatic heterocycles. The SMILES string of the molecule is CC(=O)OC[C@H]1O[C@@H](Br)[C@@](O)(C(C)=O)[C@](O)(C(C)=O)[C@@H]1OC(C)=O. The summed E-state index contributed by atoms with van der Waals surface area (Å²) in [5.74, 6) is -3.57. The van der Waals surface area contributed by atoms with Gasteiger partial charge in [0.25, 0.3) is 0 Å². The van der Waals surface area contributed by atoms with E-state index in [0.29, 0.717) is 0 Å². The van der Waals surface area contributed by atoms with E-state index < -0.39 is 58.5 Å². The Morgan fingerprint density at radius 2 is 1.50 bits per heavy atom. The highest BCUT2D eigenvalue weighted by Gasteiger charge is 2.71. The van der Waals surface area contributed by atoms with E-state index in [4.69, 9.17) is 14.2 Å². The summed E-state index contributed by atoms with van der Waals surface area (Å²) in [4.78, 5) is 46.5. The highest BCUT2D eigenvalue weighted by atomic mass is 79.9. The highest BCUT2D eigenvalue weighted by Crippen LogP contribution is 2.43. The van der Waals surface area contributed by atoms with Crippen molar-refractivity contribution in [1.82, 2.24) is 0 Å². The van der Waals surface area contributed by atoms with Crippen LogP contribution in [0.4, 0.5) is 0 Å². The molecule has 1 saturated heterocycles. The molecule has 1 aliphatic heterocycles. The summed E-state index contributed by atoms with van der Waals surface area (Å²) in [6.45, 7) is 3.54. The first-order valence-electron chi connectivity index (χ1n) is 6.95. The first-order chi connectivity index (χ1) is 10.9. The molecule has 0 aromatic rings. The van der Waals surface area contributed by atoms with Gasteiger partial charge in [-0.15, -0.1) is 0 Å². The Hall–Kier alpha value is -1.36. The molecule has 1 fully saturated rings. The summed E-state index contributed by atoms with van der Waals surface area (Å²) in [5, 5.41) is 20.1. The Balaban J connectivity index is 3.45. The predicted octanol–water partition coefficient (Wildman–Crippen LogP) is -0.759. The van der Waals surface area contributed by atoms with Crippen LogP contribution in [0.5, 0.6) is 0 Å². The monoisotopic (exact) mass is 410 g/mol. The van der Waals surface area contributed by atoms with Crippen molar-refractivity contribution < 1.29 is 43.6 Å². The lowest BCUT2D eigenvalue weighted by Gasteiger charge is -2.52. The lowest BCUT2D eigenvalue weighted by molar-refractivity contribution is -0.281. The van der Waals surface area contributed by atoms with E-state index in [1.165, 1.54) is 0 Å². The van der Waals surface area contributed by atoms with Crippen LogP contribution in [0, 0.1) is 0 Å². The highest BCUT2D eigenvalue weighted by molar-refractivity contribution is 9.09. The second-order valence-corrected chi connectivity index (χ2v) is 6.30. The zero-order valence-corrected chi connectivity index (χ0v) is 15.2. The topological polar surface area (TPSA) is 136 Å². The maximum absolute atomic E-state index is 12.1. The number of Topliss-reactive ketones (excluding diaryl/α,β-unsaturated/α-hetero) is 2. The fourth-order valence-corrected chi connectivity index (χ4v) is 3.49. The van der Waals surface area contributed by atoms with E-state index in [9.17, 15) is 29.4 Å². The first kappa shape index (κ1) is 20.7. The van der Waals surface area contributed by atoms with Gasteiger partial charge in [-0.2, -0.15) is 0 Å². The minimum Gasteiger partial charge on any atom is -0.463 e. The van der Waals surface area contributed by atoms with Crippen LogP contribution in [-0.4, -0.2) is 68.7 Å². The van der Waals surface area contributed by atoms with Gasteiger partial charge in [-0.05, 0) is 13.8 Å². The van der Waals surface area contributed by atoms with Crippen LogP contribution in [-0.2, 0) is 33.4 Å². The lowest BCUT2D eigenvalue weighted by atomic mass is 9.70. The van der Waals surface area contributed by atoms with E-state index in [2.05, 4.69) is 15.9 Å². The van der Waals surface area contributed by atoms with E-state index in [1.54, 1.807) is 0 Å². The van der Waals surface area contributed by atoms with E-state index in [0.717, 1.165) is 27.7 Å². The molecule has 0 saturated carbocycles. The minimum atomic E-state index is -2.80. The smallest absolute Gasteiger partial charge is 0.303 e. The Kier molecular flexibility index (Phi) is 6.26. The average Bonchev–Trinajstić information content (AvgIpc) is 2.45. The van der Waals surface area contributed by atoms with Crippen LogP contribution >= 0.6 is 15.9 Å². The zero-order chi connectivity index (χ0) is 18.9. The molecule has 24 heavy (non-hydrogen) atoms. The standard InChI is InChI=1S/C14H19BrO9/c1-6(16)13(20)11(23-9(4)19)10(5-22-8(3)18)24-12(15)14(13,21)7(2)17/h10-12,20-21H,5H2,1-4H3/t10-,11-,12-,13+,14+/m1/s1. The van der Waals surface area contributed by atoms with Gasteiger partial charge in [-0.25, -0.2) is 0 Å². The summed E-state index contributed by atoms with van der Waals surface area (Å²) >= 11 is 2.91. The lowest BCUT2D eigenvalue weighted by Crippen LogP contribution is -2.78. The van der Waals surface area contributed by atoms with Gasteiger partial charge in [0, 0.05) is 13.8 Å². The fourth-order valence-electron chi connectivity index (χ4n) is 2.55. The molecule has 1 heterocycles. The molecule has 0 radical (unpaired) electrons. The summed E-state index contributed by atoms with van der Waals surface area (Å²) in [6, 6.07) is 0. The van der Waals surface area contributed by atoms with Crippen LogP contribution in [0.3, 0.4) is 0 Å². The van der Waals surface area contributed by atoms with Gasteiger partial charge in [0.1, 0.15) is 12.7 Å². The maximum atomic E-state index is 12.1. The molecule has 0 unspecified atom stereocenters. The van der Waals surface area contributed by atoms with E-state index in [-0.39, 0.29) is 0 Å². The molecule has 2 N–H and O–H groups in total. The summed E-state index contributed by atoms with van der Waals surface area (Å²) in [6.07, 6.45) is -3.06. The Morgan fingerprint density at radius 1 is 1.00 bits per heavy atom. The molecule has 9 nitrogen and oxygen atoms in total. The number of halogens is 1. The number of ketones is 2. The summed E-state index contributed by atoms with van der Waals surface area (Å²) in [7, 11) is 0. The quantitative estimate of drug-likeness (QED) is 0.442. The number of aliphatic hydroxyl groups is 2. The third-order valence-electron chi connectivity index (χ3n) is 3.77. The van der Waals surface area contributed by atoms with Crippen molar-refractivity contribution in [1.29, 1.82) is 0 Å². The Morgan fingerprint density at radius 3 is 1.88 bits per heavy atom. The number of carbonyl (C=O) groups excluding carboxylic acids is 4. The molecule has 1 aliphatic rings. The van der Waals surface area contributed by atoms with E-state index in [1.807, 2.05) is 0 Å². The molecule has 5 atom stereocenters. The van der Waals surface area contributed by atoms with Crippen LogP contribution in [0.1, 0.15) is 27.7 Å². The van der Waals surface area contributed by atoms with Gasteiger partial charge in [-0.3, -0.25) is 19.2 Å². The van der Waals surface area contributed by atoms with Crippen molar-refractivity contribution in [3.8, 4) is 0 Å². The largest absolute Gasteiger partial charge is 0.463 e. The second-order valence-electron chi connectivity index (χ2n) is 5.47. The van der Waals surface area contributed by atoms with Gasteiger partial charge >= 0.3 is 11.9 Å². The fraction of sp³-hybridized carbons (Fsp3) is 0.714. The van der Waals surface area contributed by atoms with Crippen molar-refractivity contribution in [3.63, 3.8) is 0 Å². The molecule has 0 aromatic carbocycles. The van der Waals surface area contributed by atoms with Gasteiger partial charge in [0.05, 0.1) is 0 Å². The molecule has 0 spiro atoms. The van der Waals surface area contributed by atoms with Crippen LogP contribution in [0.25, 0.3) is 0 Å². The van der Waals surface area contributed by atoms with Crippen molar-refractivity contribution >= 4 is 39.4 Å². The van der Waals surface area contributed by atoms with Crippen LogP contribution in [0.2, 0.25) is 0 Å². The zero-order valence-electron chi connectivity index (χ0n) is 13.6. The maximum Gasteiger partial charge on any atom is 0.303 e. The first-order valence-corrected chi connectivity index (χ1v) is 7.87. The number of hydrogen-bond donors (Lipinski definition) is 2. The average molecular weight is 411 g/mol. The van der Waals surface area contributed by atoms with Gasteiger partial charge in [-0.1, -0.05) is 15.9 Å². The Bertz CT molecular complexity index is 562. The predicted molar refractivity (Wildman–Crippen MR) is 81.0 cm³/mol. The van der Waals surface area contributed by atoms with Crippen molar-refractivity contribution in [2.45, 2.75) is 56.1 Å². The normalized spacial score (nSPS) is 35.9. The molecule has 1 rings (SSSR count).